The van der Waals surface area contributed by atoms with Crippen molar-refractivity contribution in [1.29, 1.82) is 0 Å². The molecule has 98 valence electrons. The van der Waals surface area contributed by atoms with Gasteiger partial charge in [-0.05, 0) is 37.1 Å². The van der Waals surface area contributed by atoms with Crippen molar-refractivity contribution in [3.63, 3.8) is 0 Å². The fraction of sp³-hybridized carbons (Fsp3) is 0.571. The Morgan fingerprint density at radius 2 is 2.39 bits per heavy atom. The van der Waals surface area contributed by atoms with Crippen LogP contribution in [-0.4, -0.2) is 25.8 Å². The lowest BCUT2D eigenvalue weighted by atomic mass is 10.1. The van der Waals surface area contributed by atoms with Gasteiger partial charge in [-0.1, -0.05) is 15.9 Å². The minimum absolute atomic E-state index is 0.342. The largest absolute Gasteiger partial charge is 0.493 e. The van der Waals surface area contributed by atoms with Gasteiger partial charge in [0.2, 0.25) is 0 Å². The Hall–Kier alpha value is -0.580. The molecule has 1 fully saturated rings. The number of benzene rings is 1. The lowest BCUT2D eigenvalue weighted by Gasteiger charge is -2.23. The molecule has 0 amide bonds. The van der Waals surface area contributed by atoms with E-state index in [0.29, 0.717) is 12.7 Å². The summed E-state index contributed by atoms with van der Waals surface area (Å²) in [7, 11) is 0. The maximum absolute atomic E-state index is 5.99. The van der Waals surface area contributed by atoms with E-state index in [1.54, 1.807) is 0 Å². The van der Waals surface area contributed by atoms with Crippen molar-refractivity contribution in [3.05, 3.63) is 27.7 Å². The van der Waals surface area contributed by atoms with Crippen LogP contribution in [0.1, 0.15) is 24.0 Å². The number of piperidine rings is 1. The average Bonchev–Trinajstić information content (AvgIpc) is 2.85. The lowest BCUT2D eigenvalue weighted by Crippen LogP contribution is -2.35. The molecule has 1 unspecified atom stereocenters. The average molecular weight is 312 g/mol. The van der Waals surface area contributed by atoms with E-state index in [1.165, 1.54) is 17.5 Å². The monoisotopic (exact) mass is 311 g/mol. The second-order valence-electron chi connectivity index (χ2n) is 4.93. The third kappa shape index (κ3) is 2.71. The molecule has 2 aliphatic heterocycles. The lowest BCUT2D eigenvalue weighted by molar-refractivity contribution is 0.0244. The van der Waals surface area contributed by atoms with Crippen molar-refractivity contribution >= 4 is 15.9 Å². The highest BCUT2D eigenvalue weighted by atomic mass is 79.9. The highest BCUT2D eigenvalue weighted by molar-refractivity contribution is 9.10. The van der Waals surface area contributed by atoms with Crippen molar-refractivity contribution in [3.8, 4) is 5.75 Å². The maximum atomic E-state index is 5.99. The first-order chi connectivity index (χ1) is 8.83. The van der Waals surface area contributed by atoms with Crippen LogP contribution in [0.3, 0.4) is 0 Å². The molecule has 3 rings (SSSR count). The normalized spacial score (nSPS) is 22.6. The summed E-state index contributed by atoms with van der Waals surface area (Å²) < 4.78 is 12.8. The molecule has 1 atom stereocenters. The van der Waals surface area contributed by atoms with Crippen LogP contribution in [0.15, 0.2) is 16.6 Å². The van der Waals surface area contributed by atoms with Gasteiger partial charge in [0, 0.05) is 23.0 Å². The molecule has 0 spiro atoms. The SMILES string of the molecule is Brc1cc2c(c(COC3CCCNC3)c1)OCC2. The number of hydrogen-bond acceptors (Lipinski definition) is 3. The summed E-state index contributed by atoms with van der Waals surface area (Å²) in [5, 5.41) is 3.37. The zero-order valence-electron chi connectivity index (χ0n) is 10.4. The Morgan fingerprint density at radius 3 is 3.22 bits per heavy atom. The summed E-state index contributed by atoms with van der Waals surface area (Å²) in [5.74, 6) is 1.04. The third-order valence-electron chi connectivity index (χ3n) is 3.55. The topological polar surface area (TPSA) is 30.5 Å². The Morgan fingerprint density at radius 1 is 1.44 bits per heavy atom. The molecule has 1 aromatic rings. The number of nitrogens with one attached hydrogen (secondary N) is 1. The predicted octanol–water partition coefficient (Wildman–Crippen LogP) is 2.65. The molecule has 0 aliphatic carbocycles. The van der Waals surface area contributed by atoms with Crippen LogP contribution >= 0.6 is 15.9 Å². The molecule has 3 nitrogen and oxygen atoms in total. The predicted molar refractivity (Wildman–Crippen MR) is 74.0 cm³/mol. The van der Waals surface area contributed by atoms with Gasteiger partial charge in [0.15, 0.2) is 0 Å². The van der Waals surface area contributed by atoms with E-state index in [2.05, 4.69) is 33.4 Å². The first-order valence-corrected chi connectivity index (χ1v) is 7.38. The molecule has 4 heteroatoms. The summed E-state index contributed by atoms with van der Waals surface area (Å²) in [6.07, 6.45) is 3.71. The van der Waals surface area contributed by atoms with Crippen LogP contribution in [0.5, 0.6) is 5.75 Å². The number of fused-ring (bicyclic) bond motifs is 1. The van der Waals surface area contributed by atoms with E-state index >= 15 is 0 Å². The summed E-state index contributed by atoms with van der Waals surface area (Å²) in [5.41, 5.74) is 2.46. The molecule has 0 aromatic heterocycles. The van der Waals surface area contributed by atoms with Gasteiger partial charge in [0.1, 0.15) is 5.75 Å². The van der Waals surface area contributed by atoms with Gasteiger partial charge in [0.25, 0.3) is 0 Å². The van der Waals surface area contributed by atoms with Crippen molar-refractivity contribution in [2.45, 2.75) is 32.0 Å². The molecule has 0 saturated carbocycles. The van der Waals surface area contributed by atoms with Crippen molar-refractivity contribution in [2.24, 2.45) is 0 Å². The van der Waals surface area contributed by atoms with Gasteiger partial charge >= 0.3 is 0 Å². The van der Waals surface area contributed by atoms with Crippen LogP contribution in [-0.2, 0) is 17.8 Å². The number of hydrogen-bond donors (Lipinski definition) is 1. The van der Waals surface area contributed by atoms with E-state index in [9.17, 15) is 0 Å². The minimum Gasteiger partial charge on any atom is -0.493 e. The Labute approximate surface area is 116 Å². The van der Waals surface area contributed by atoms with Crippen LogP contribution in [0.2, 0.25) is 0 Å². The Balaban J connectivity index is 1.68. The fourth-order valence-electron chi connectivity index (χ4n) is 2.62. The van der Waals surface area contributed by atoms with Crippen LogP contribution in [0, 0.1) is 0 Å². The molecule has 2 aliphatic rings. The highest BCUT2D eigenvalue weighted by Gasteiger charge is 2.19. The molecule has 18 heavy (non-hydrogen) atoms. The van der Waals surface area contributed by atoms with Crippen molar-refractivity contribution in [2.75, 3.05) is 19.7 Å². The van der Waals surface area contributed by atoms with E-state index in [-0.39, 0.29) is 0 Å². The number of ether oxygens (including phenoxy) is 2. The summed E-state index contributed by atoms with van der Waals surface area (Å²) in [4.78, 5) is 0. The molecule has 0 bridgehead atoms. The van der Waals surface area contributed by atoms with Crippen molar-refractivity contribution < 1.29 is 9.47 Å². The fourth-order valence-corrected chi connectivity index (χ4v) is 3.18. The third-order valence-corrected chi connectivity index (χ3v) is 4.01. The van der Waals surface area contributed by atoms with Gasteiger partial charge < -0.3 is 14.8 Å². The second kappa shape index (κ2) is 5.59. The molecule has 1 saturated heterocycles. The van der Waals surface area contributed by atoms with Crippen LogP contribution in [0.25, 0.3) is 0 Å². The quantitative estimate of drug-likeness (QED) is 0.931. The second-order valence-corrected chi connectivity index (χ2v) is 5.85. The summed E-state index contributed by atoms with van der Waals surface area (Å²) in [6.45, 7) is 3.53. The number of halogens is 1. The first kappa shape index (κ1) is 12.5. The Kier molecular flexibility index (Phi) is 3.87. The molecule has 2 heterocycles. The van der Waals surface area contributed by atoms with Gasteiger partial charge in [-0.2, -0.15) is 0 Å². The molecular formula is C14H18BrNO2. The van der Waals surface area contributed by atoms with E-state index < -0.39 is 0 Å². The van der Waals surface area contributed by atoms with Crippen LogP contribution < -0.4 is 10.1 Å². The van der Waals surface area contributed by atoms with Gasteiger partial charge in [-0.25, -0.2) is 0 Å². The van der Waals surface area contributed by atoms with E-state index in [1.807, 2.05) is 0 Å². The van der Waals surface area contributed by atoms with Crippen LogP contribution in [0.4, 0.5) is 0 Å². The maximum Gasteiger partial charge on any atom is 0.128 e. The number of rotatable bonds is 3. The zero-order valence-corrected chi connectivity index (χ0v) is 12.0. The van der Waals surface area contributed by atoms with Crippen molar-refractivity contribution in [1.82, 2.24) is 5.32 Å². The zero-order chi connectivity index (χ0) is 12.4. The summed E-state index contributed by atoms with van der Waals surface area (Å²) in [6, 6.07) is 4.26. The van der Waals surface area contributed by atoms with E-state index in [4.69, 9.17) is 9.47 Å². The van der Waals surface area contributed by atoms with Gasteiger partial charge in [0.05, 0.1) is 19.3 Å². The Bertz CT molecular complexity index is 430. The molecule has 1 N–H and O–H groups in total. The van der Waals surface area contributed by atoms with Gasteiger partial charge in [-0.3, -0.25) is 0 Å². The smallest absolute Gasteiger partial charge is 0.128 e. The summed E-state index contributed by atoms with van der Waals surface area (Å²) >= 11 is 3.56. The molecular weight excluding hydrogens is 294 g/mol. The standard InChI is InChI=1S/C14H18BrNO2/c15-12-6-10-3-5-17-14(10)11(7-12)9-18-13-2-1-4-16-8-13/h6-7,13,16H,1-5,8-9H2. The minimum atomic E-state index is 0.342. The first-order valence-electron chi connectivity index (χ1n) is 6.59. The van der Waals surface area contributed by atoms with Gasteiger partial charge in [-0.15, -0.1) is 0 Å². The highest BCUT2D eigenvalue weighted by Crippen LogP contribution is 2.33. The molecule has 1 aromatic carbocycles. The molecule has 0 radical (unpaired) electrons. The van der Waals surface area contributed by atoms with E-state index in [0.717, 1.165) is 42.8 Å².